The van der Waals surface area contributed by atoms with E-state index in [1.807, 2.05) is 6.92 Å². The van der Waals surface area contributed by atoms with Crippen LogP contribution in [0.1, 0.15) is 26.2 Å². The van der Waals surface area contributed by atoms with Gasteiger partial charge in [0.2, 0.25) is 0 Å². The quantitative estimate of drug-likeness (QED) is 0.643. The summed E-state index contributed by atoms with van der Waals surface area (Å²) < 4.78 is 0. The van der Waals surface area contributed by atoms with Crippen molar-refractivity contribution in [1.82, 2.24) is 5.32 Å². The zero-order valence-corrected chi connectivity index (χ0v) is 7.73. The van der Waals surface area contributed by atoms with E-state index in [0.29, 0.717) is 18.1 Å². The molecule has 0 aromatic heterocycles. The molecule has 1 rings (SSSR count). The Morgan fingerprint density at radius 3 is 2.92 bits per heavy atom. The Balaban J connectivity index is 2.20. The minimum absolute atomic E-state index is 0.344. The molecule has 1 unspecified atom stereocenters. The summed E-state index contributed by atoms with van der Waals surface area (Å²) in [4.78, 5) is 11.3. The Morgan fingerprint density at radius 2 is 2.42 bits per heavy atom. The Bertz CT molecular complexity index is 180. The van der Waals surface area contributed by atoms with Gasteiger partial charge in [-0.15, -0.1) is 0 Å². The average Bonchev–Trinajstić information content (AvgIpc) is 2.37. The number of nitrogens with one attached hydrogen (secondary N) is 1. The van der Waals surface area contributed by atoms with Crippen LogP contribution in [0.4, 0.5) is 0 Å². The van der Waals surface area contributed by atoms with E-state index in [0.717, 1.165) is 31.5 Å². The number of carbonyl (C=O) groups excluding carboxylic acids is 1. The molecule has 0 aromatic carbocycles. The van der Waals surface area contributed by atoms with Crippen LogP contribution in [0.25, 0.3) is 0 Å². The third kappa shape index (κ3) is 3.18. The maximum Gasteiger partial charge on any atom is 0.137 e. The van der Waals surface area contributed by atoms with Gasteiger partial charge in [-0.2, -0.15) is 0 Å². The van der Waals surface area contributed by atoms with E-state index in [-0.39, 0.29) is 0 Å². The molecule has 12 heavy (non-hydrogen) atoms. The van der Waals surface area contributed by atoms with Gasteiger partial charge in [-0.05, 0) is 32.4 Å². The van der Waals surface area contributed by atoms with Crippen LogP contribution in [-0.4, -0.2) is 18.9 Å². The molecule has 0 saturated carbocycles. The highest BCUT2D eigenvalue weighted by Gasteiger charge is 2.17. The molecule has 0 aromatic rings. The number of carbonyl (C=O) groups is 1. The van der Waals surface area contributed by atoms with Crippen molar-refractivity contribution in [1.29, 1.82) is 0 Å². The van der Waals surface area contributed by atoms with Crippen molar-refractivity contribution in [2.75, 3.05) is 13.1 Å². The summed E-state index contributed by atoms with van der Waals surface area (Å²) >= 11 is 0. The Labute approximate surface area is 74.0 Å². The van der Waals surface area contributed by atoms with Crippen LogP contribution in [0.15, 0.2) is 12.2 Å². The average molecular weight is 167 g/mol. The Morgan fingerprint density at radius 1 is 1.67 bits per heavy atom. The Hall–Kier alpha value is -0.630. The van der Waals surface area contributed by atoms with E-state index in [9.17, 15) is 4.79 Å². The molecule has 0 amide bonds. The van der Waals surface area contributed by atoms with E-state index >= 15 is 0 Å². The maximum atomic E-state index is 11.3. The van der Waals surface area contributed by atoms with E-state index in [2.05, 4.69) is 11.9 Å². The molecule has 2 heteroatoms. The molecule has 1 aliphatic heterocycles. The van der Waals surface area contributed by atoms with Gasteiger partial charge in [0.1, 0.15) is 5.78 Å². The number of ketones is 1. The van der Waals surface area contributed by atoms with Gasteiger partial charge in [0.15, 0.2) is 0 Å². The molecule has 1 heterocycles. The van der Waals surface area contributed by atoms with Crippen molar-refractivity contribution in [3.05, 3.63) is 12.2 Å². The first kappa shape index (κ1) is 9.46. The van der Waals surface area contributed by atoms with Crippen LogP contribution < -0.4 is 5.32 Å². The van der Waals surface area contributed by atoms with Crippen LogP contribution in [0.5, 0.6) is 0 Å². The summed E-state index contributed by atoms with van der Waals surface area (Å²) in [6.07, 6.45) is 2.46. The number of hydrogen-bond acceptors (Lipinski definition) is 2. The third-order valence-corrected chi connectivity index (χ3v) is 2.18. The van der Waals surface area contributed by atoms with E-state index in [1.54, 1.807) is 0 Å². The molecule has 0 bridgehead atoms. The van der Waals surface area contributed by atoms with Gasteiger partial charge in [-0.3, -0.25) is 4.79 Å². The molecule has 1 aliphatic rings. The second-order valence-corrected chi connectivity index (χ2v) is 3.74. The summed E-state index contributed by atoms with van der Waals surface area (Å²) in [6.45, 7) is 7.73. The predicted molar refractivity (Wildman–Crippen MR) is 50.0 cm³/mol. The van der Waals surface area contributed by atoms with Gasteiger partial charge in [0, 0.05) is 12.8 Å². The number of allylic oxidation sites excluding steroid dienone is 1. The summed E-state index contributed by atoms with van der Waals surface area (Å²) in [7, 11) is 0. The maximum absolute atomic E-state index is 11.3. The zero-order chi connectivity index (χ0) is 8.97. The van der Waals surface area contributed by atoms with Gasteiger partial charge >= 0.3 is 0 Å². The van der Waals surface area contributed by atoms with Crippen molar-refractivity contribution in [3.8, 4) is 0 Å². The summed E-state index contributed by atoms with van der Waals surface area (Å²) in [5.41, 5.74) is 0.978. The fourth-order valence-electron chi connectivity index (χ4n) is 1.62. The molecule has 1 saturated heterocycles. The normalized spacial score (nSPS) is 22.6. The van der Waals surface area contributed by atoms with Crippen LogP contribution in [0.2, 0.25) is 0 Å². The van der Waals surface area contributed by atoms with Crippen molar-refractivity contribution in [2.24, 2.45) is 5.92 Å². The lowest BCUT2D eigenvalue weighted by Crippen LogP contribution is -2.12. The highest BCUT2D eigenvalue weighted by molar-refractivity contribution is 5.80. The molecule has 0 radical (unpaired) electrons. The minimum Gasteiger partial charge on any atom is -0.316 e. The highest BCUT2D eigenvalue weighted by atomic mass is 16.1. The topological polar surface area (TPSA) is 29.1 Å². The standard InChI is InChI=1S/C10H17NO/c1-8(2)5-10(12)6-9-3-4-11-7-9/h9,11H,1,3-7H2,2H3. The van der Waals surface area contributed by atoms with Crippen molar-refractivity contribution < 1.29 is 4.79 Å². The van der Waals surface area contributed by atoms with Crippen molar-refractivity contribution in [3.63, 3.8) is 0 Å². The SMILES string of the molecule is C=C(C)CC(=O)CC1CCNC1. The molecule has 0 aliphatic carbocycles. The lowest BCUT2D eigenvalue weighted by molar-refractivity contribution is -0.119. The smallest absolute Gasteiger partial charge is 0.137 e. The van der Waals surface area contributed by atoms with Gasteiger partial charge in [-0.1, -0.05) is 12.2 Å². The van der Waals surface area contributed by atoms with Crippen LogP contribution in [0, 0.1) is 5.92 Å². The fourth-order valence-corrected chi connectivity index (χ4v) is 1.62. The summed E-state index contributed by atoms with van der Waals surface area (Å²) in [5, 5.41) is 3.26. The lowest BCUT2D eigenvalue weighted by Gasteiger charge is -2.06. The monoisotopic (exact) mass is 167 g/mol. The number of hydrogen-bond donors (Lipinski definition) is 1. The molecule has 68 valence electrons. The molecular weight excluding hydrogens is 150 g/mol. The molecular formula is C10H17NO. The second kappa shape index (κ2) is 4.41. The third-order valence-electron chi connectivity index (χ3n) is 2.18. The summed E-state index contributed by atoms with van der Waals surface area (Å²) in [5.74, 6) is 0.924. The highest BCUT2D eigenvalue weighted by Crippen LogP contribution is 2.14. The molecule has 2 nitrogen and oxygen atoms in total. The van der Waals surface area contributed by atoms with Crippen LogP contribution in [0.3, 0.4) is 0 Å². The zero-order valence-electron chi connectivity index (χ0n) is 7.73. The van der Waals surface area contributed by atoms with Gasteiger partial charge in [-0.25, -0.2) is 0 Å². The molecule has 1 N–H and O–H groups in total. The predicted octanol–water partition coefficient (Wildman–Crippen LogP) is 1.52. The van der Waals surface area contributed by atoms with Gasteiger partial charge < -0.3 is 5.32 Å². The van der Waals surface area contributed by atoms with E-state index in [4.69, 9.17) is 0 Å². The molecule has 1 fully saturated rings. The summed E-state index contributed by atoms with van der Waals surface area (Å²) in [6, 6.07) is 0. The number of Topliss-reactive ketones (excluding diaryl/α,β-unsaturated/α-hetero) is 1. The first-order chi connectivity index (χ1) is 5.68. The number of rotatable bonds is 4. The van der Waals surface area contributed by atoms with Gasteiger partial charge in [0.05, 0.1) is 0 Å². The van der Waals surface area contributed by atoms with Crippen LogP contribution >= 0.6 is 0 Å². The van der Waals surface area contributed by atoms with Gasteiger partial charge in [0.25, 0.3) is 0 Å². The largest absolute Gasteiger partial charge is 0.316 e. The molecule has 1 atom stereocenters. The van der Waals surface area contributed by atoms with Crippen LogP contribution in [-0.2, 0) is 4.79 Å². The lowest BCUT2D eigenvalue weighted by atomic mass is 9.99. The van der Waals surface area contributed by atoms with E-state index in [1.165, 1.54) is 0 Å². The first-order valence-electron chi connectivity index (χ1n) is 4.55. The van der Waals surface area contributed by atoms with Crippen molar-refractivity contribution in [2.45, 2.75) is 26.2 Å². The Kier molecular flexibility index (Phi) is 3.48. The minimum atomic E-state index is 0.344. The molecule has 0 spiro atoms. The second-order valence-electron chi connectivity index (χ2n) is 3.74. The first-order valence-corrected chi connectivity index (χ1v) is 4.55. The fraction of sp³-hybridized carbons (Fsp3) is 0.700. The van der Waals surface area contributed by atoms with Crippen molar-refractivity contribution >= 4 is 5.78 Å². The van der Waals surface area contributed by atoms with E-state index < -0.39 is 0 Å².